The van der Waals surface area contributed by atoms with E-state index in [9.17, 15) is 0 Å². The summed E-state index contributed by atoms with van der Waals surface area (Å²) in [6.07, 6.45) is 6.39. The fourth-order valence-electron chi connectivity index (χ4n) is 4.37. The second-order valence-corrected chi connectivity index (χ2v) is 11.6. The quantitative estimate of drug-likeness (QED) is 0.565. The number of fused-ring (bicyclic) bond motifs is 1. The molecule has 0 saturated heterocycles. The smallest absolute Gasteiger partial charge is 0.0882 e. The average Bonchev–Trinajstić information content (AvgIpc) is 2.68. The number of benzene rings is 3. The molecule has 2 atom stereocenters. The van der Waals surface area contributed by atoms with Crippen molar-refractivity contribution in [3.8, 4) is 0 Å². The number of rotatable bonds is 3. The van der Waals surface area contributed by atoms with Gasteiger partial charge in [0.25, 0.3) is 0 Å². The van der Waals surface area contributed by atoms with E-state index in [1.807, 2.05) is 0 Å². The van der Waals surface area contributed by atoms with Gasteiger partial charge in [-0.2, -0.15) is 0 Å². The minimum absolute atomic E-state index is 0.824. The Labute approximate surface area is 152 Å². The van der Waals surface area contributed by atoms with E-state index in [4.69, 9.17) is 0 Å². The van der Waals surface area contributed by atoms with Gasteiger partial charge < -0.3 is 0 Å². The Hall–Kier alpha value is -2.12. The van der Waals surface area contributed by atoms with Crippen molar-refractivity contribution in [2.24, 2.45) is 5.92 Å². The summed E-state index contributed by atoms with van der Waals surface area (Å²) < 4.78 is 0. The lowest BCUT2D eigenvalue weighted by Gasteiger charge is -2.35. The third kappa shape index (κ3) is 2.87. The second kappa shape index (κ2) is 6.65. The van der Waals surface area contributed by atoms with Gasteiger partial charge in [0.15, 0.2) is 0 Å². The Morgan fingerprint density at radius 2 is 1.56 bits per heavy atom. The average molecular weight is 343 g/mol. The topological polar surface area (TPSA) is 0 Å². The lowest BCUT2D eigenvalue weighted by molar-refractivity contribution is 0.521. The maximum Gasteiger partial charge on any atom is 0.141 e. The van der Waals surface area contributed by atoms with Crippen LogP contribution in [0.4, 0.5) is 0 Å². The number of allylic oxidation sites excluding steroid dienone is 2. The van der Waals surface area contributed by atoms with E-state index in [1.165, 1.54) is 35.2 Å². The first-order valence-corrected chi connectivity index (χ1v) is 11.9. The maximum atomic E-state index is 2.58. The minimum Gasteiger partial charge on any atom is -0.0882 e. The first-order valence-electron chi connectivity index (χ1n) is 9.43. The second-order valence-electron chi connectivity index (χ2n) is 7.63. The van der Waals surface area contributed by atoms with Crippen LogP contribution in [0.3, 0.4) is 0 Å². The summed E-state index contributed by atoms with van der Waals surface area (Å²) >= 11 is 0. The molecule has 1 aliphatic rings. The highest BCUT2D eigenvalue weighted by Gasteiger charge is 2.37. The zero-order chi connectivity index (χ0) is 17.3. The van der Waals surface area contributed by atoms with E-state index in [1.54, 1.807) is 10.4 Å². The summed E-state index contributed by atoms with van der Waals surface area (Å²) in [6.45, 7) is 4.94. The summed E-state index contributed by atoms with van der Waals surface area (Å²) in [7, 11) is -1.93. The fourth-order valence-corrected chi connectivity index (χ4v) is 8.62. The summed E-state index contributed by atoms with van der Waals surface area (Å²) in [4.78, 5) is 0. The van der Waals surface area contributed by atoms with Crippen LogP contribution in [-0.2, 0) is 0 Å². The summed E-state index contributed by atoms with van der Waals surface area (Å²) in [5.41, 5.74) is 0. The normalized spacial score (nSPS) is 20.1. The van der Waals surface area contributed by atoms with Crippen molar-refractivity contribution >= 4 is 29.2 Å². The van der Waals surface area contributed by atoms with Crippen molar-refractivity contribution in [1.82, 2.24) is 0 Å². The van der Waals surface area contributed by atoms with Crippen molar-refractivity contribution in [3.05, 3.63) is 84.1 Å². The third-order valence-electron chi connectivity index (χ3n) is 5.99. The Morgan fingerprint density at radius 1 is 0.840 bits per heavy atom. The Kier molecular flexibility index (Phi) is 4.35. The van der Waals surface area contributed by atoms with Gasteiger partial charge >= 0.3 is 0 Å². The van der Waals surface area contributed by atoms with Crippen molar-refractivity contribution in [2.45, 2.75) is 32.7 Å². The molecule has 3 aromatic rings. The first kappa shape index (κ1) is 16.4. The maximum absolute atomic E-state index is 2.58. The molecule has 3 aromatic carbocycles. The van der Waals surface area contributed by atoms with Gasteiger partial charge in [-0.05, 0) is 46.3 Å². The SMILES string of the molecule is C[C@H]1CC=C([Si](C)(c2ccccc2)c2cccc3ccccc23)CC1. The van der Waals surface area contributed by atoms with Crippen molar-refractivity contribution in [3.63, 3.8) is 0 Å². The van der Waals surface area contributed by atoms with Gasteiger partial charge in [0, 0.05) is 0 Å². The molecule has 0 aromatic heterocycles. The number of hydrogen-bond acceptors (Lipinski definition) is 0. The van der Waals surface area contributed by atoms with Crippen LogP contribution in [0.2, 0.25) is 6.55 Å². The van der Waals surface area contributed by atoms with E-state index >= 15 is 0 Å². The molecule has 1 unspecified atom stereocenters. The van der Waals surface area contributed by atoms with Crippen LogP contribution in [-0.4, -0.2) is 8.07 Å². The van der Waals surface area contributed by atoms with Gasteiger partial charge in [-0.1, -0.05) is 97.5 Å². The highest BCUT2D eigenvalue weighted by Crippen LogP contribution is 2.30. The van der Waals surface area contributed by atoms with E-state index in [2.05, 4.69) is 92.3 Å². The van der Waals surface area contributed by atoms with E-state index < -0.39 is 8.07 Å². The van der Waals surface area contributed by atoms with Crippen molar-refractivity contribution < 1.29 is 0 Å². The lowest BCUT2D eigenvalue weighted by atomic mass is 9.96. The summed E-state index contributed by atoms with van der Waals surface area (Å²) in [5, 5.41) is 7.61. The molecular formula is C24H26Si. The van der Waals surface area contributed by atoms with Crippen LogP contribution in [0, 0.1) is 5.92 Å². The molecule has 0 heterocycles. The van der Waals surface area contributed by atoms with Crippen LogP contribution in [0.5, 0.6) is 0 Å². The van der Waals surface area contributed by atoms with Crippen LogP contribution in [0.1, 0.15) is 26.2 Å². The molecule has 0 bridgehead atoms. The highest BCUT2D eigenvalue weighted by atomic mass is 28.3. The molecule has 0 amide bonds. The molecule has 0 aliphatic heterocycles. The standard InChI is InChI=1S/C24H26Si/c1-19-15-17-22(18-16-19)25(2,21-11-4-3-5-12-21)24-14-8-10-20-9-6-7-13-23(20)24/h3-14,17,19H,15-16,18H2,1-2H3/t19-,25?/m0/s1. The Balaban J connectivity index is 1.98. The largest absolute Gasteiger partial charge is 0.141 e. The van der Waals surface area contributed by atoms with Crippen molar-refractivity contribution in [2.75, 3.05) is 0 Å². The fraction of sp³-hybridized carbons (Fsp3) is 0.250. The molecule has 1 aliphatic carbocycles. The van der Waals surface area contributed by atoms with Crippen LogP contribution >= 0.6 is 0 Å². The molecule has 0 radical (unpaired) electrons. The predicted molar refractivity (Wildman–Crippen MR) is 112 cm³/mol. The van der Waals surface area contributed by atoms with E-state index in [-0.39, 0.29) is 0 Å². The molecule has 0 nitrogen and oxygen atoms in total. The van der Waals surface area contributed by atoms with Gasteiger partial charge in [0.1, 0.15) is 8.07 Å². The van der Waals surface area contributed by atoms with Gasteiger partial charge in [-0.15, -0.1) is 0 Å². The van der Waals surface area contributed by atoms with E-state index in [0.717, 1.165) is 5.92 Å². The zero-order valence-corrected chi connectivity index (χ0v) is 16.2. The van der Waals surface area contributed by atoms with Crippen molar-refractivity contribution in [1.29, 1.82) is 0 Å². The Bertz CT molecular complexity index is 904. The molecule has 1 heteroatoms. The monoisotopic (exact) mass is 342 g/mol. The predicted octanol–water partition coefficient (Wildman–Crippen LogP) is 5.32. The molecule has 0 spiro atoms. The Morgan fingerprint density at radius 3 is 2.32 bits per heavy atom. The van der Waals surface area contributed by atoms with E-state index in [0.29, 0.717) is 0 Å². The van der Waals surface area contributed by atoms with Gasteiger partial charge in [0.05, 0.1) is 0 Å². The lowest BCUT2D eigenvalue weighted by Crippen LogP contribution is -2.58. The first-order chi connectivity index (χ1) is 12.2. The van der Waals surface area contributed by atoms with Gasteiger partial charge in [-0.3, -0.25) is 0 Å². The van der Waals surface area contributed by atoms with Crippen LogP contribution in [0.25, 0.3) is 10.8 Å². The molecular weight excluding hydrogens is 316 g/mol. The summed E-state index contributed by atoms with van der Waals surface area (Å²) in [6, 6.07) is 27.0. The minimum atomic E-state index is -1.93. The third-order valence-corrected chi connectivity index (χ3v) is 10.7. The highest BCUT2D eigenvalue weighted by molar-refractivity contribution is 7.07. The zero-order valence-electron chi connectivity index (χ0n) is 15.2. The van der Waals surface area contributed by atoms with Crippen LogP contribution in [0.15, 0.2) is 84.1 Å². The molecule has 4 rings (SSSR count). The van der Waals surface area contributed by atoms with Gasteiger partial charge in [0.2, 0.25) is 0 Å². The van der Waals surface area contributed by atoms with Crippen LogP contribution < -0.4 is 10.4 Å². The number of hydrogen-bond donors (Lipinski definition) is 0. The van der Waals surface area contributed by atoms with Gasteiger partial charge in [-0.25, -0.2) is 0 Å². The molecule has 126 valence electrons. The molecule has 0 saturated carbocycles. The molecule has 0 fully saturated rings. The molecule has 0 N–H and O–H groups in total. The summed E-state index contributed by atoms with van der Waals surface area (Å²) in [5.74, 6) is 0.824. The molecule has 25 heavy (non-hydrogen) atoms.